The van der Waals surface area contributed by atoms with Gasteiger partial charge in [0.1, 0.15) is 5.78 Å². The number of hydrogen-bond acceptors (Lipinski definition) is 4. The first-order valence-electron chi connectivity index (χ1n) is 6.47. The zero-order valence-electron chi connectivity index (χ0n) is 11.4. The van der Waals surface area contributed by atoms with E-state index >= 15 is 0 Å². The highest BCUT2D eigenvalue weighted by atomic mass is 32.2. The quantitative estimate of drug-likeness (QED) is 0.541. The number of carbonyl (C=O) groups excluding carboxylic acids is 2. The van der Waals surface area contributed by atoms with Gasteiger partial charge in [0.05, 0.1) is 12.4 Å². The van der Waals surface area contributed by atoms with Gasteiger partial charge in [0.25, 0.3) is 0 Å². The third-order valence-corrected chi connectivity index (χ3v) is 3.61. The van der Waals surface area contributed by atoms with E-state index in [1.165, 1.54) is 11.8 Å². The van der Waals surface area contributed by atoms with Crippen molar-refractivity contribution in [1.82, 2.24) is 0 Å². The highest BCUT2D eigenvalue weighted by Crippen LogP contribution is 2.19. The molecule has 3 nitrogen and oxygen atoms in total. The Balaban J connectivity index is 2.25. The minimum Gasteiger partial charge on any atom is -0.466 e. The number of rotatable bonds is 8. The van der Waals surface area contributed by atoms with Gasteiger partial charge in [-0.15, -0.1) is 11.8 Å². The Morgan fingerprint density at radius 1 is 1.21 bits per heavy atom. The standard InChI is InChI=1S/C15H20O3S/c1-3-18-15(17)10-12(2)9-13(16)11-19-14-7-5-4-6-8-14/h4-8,12H,3,9-11H2,1-2H3. The molecule has 0 N–H and O–H groups in total. The van der Waals surface area contributed by atoms with Crippen LogP contribution in [-0.4, -0.2) is 24.1 Å². The summed E-state index contributed by atoms with van der Waals surface area (Å²) in [5.74, 6) is 0.448. The van der Waals surface area contributed by atoms with E-state index in [1.54, 1.807) is 6.92 Å². The van der Waals surface area contributed by atoms with E-state index in [9.17, 15) is 9.59 Å². The first-order chi connectivity index (χ1) is 9.11. The van der Waals surface area contributed by atoms with Crippen molar-refractivity contribution in [3.63, 3.8) is 0 Å². The van der Waals surface area contributed by atoms with E-state index in [4.69, 9.17) is 4.74 Å². The second-order valence-corrected chi connectivity index (χ2v) is 5.51. The summed E-state index contributed by atoms with van der Waals surface area (Å²) in [6, 6.07) is 9.83. The van der Waals surface area contributed by atoms with Crippen molar-refractivity contribution in [2.24, 2.45) is 5.92 Å². The van der Waals surface area contributed by atoms with Gasteiger partial charge in [-0.05, 0) is 25.0 Å². The highest BCUT2D eigenvalue weighted by Gasteiger charge is 2.14. The molecule has 1 atom stereocenters. The Kier molecular flexibility index (Phi) is 7.26. The largest absolute Gasteiger partial charge is 0.466 e. The summed E-state index contributed by atoms with van der Waals surface area (Å²) in [5.41, 5.74) is 0. The molecule has 0 amide bonds. The lowest BCUT2D eigenvalue weighted by Crippen LogP contribution is -2.13. The summed E-state index contributed by atoms with van der Waals surface area (Å²) in [4.78, 5) is 24.2. The van der Waals surface area contributed by atoms with Crippen molar-refractivity contribution in [2.75, 3.05) is 12.4 Å². The first kappa shape index (κ1) is 15.8. The monoisotopic (exact) mass is 280 g/mol. The molecule has 104 valence electrons. The van der Waals surface area contributed by atoms with Crippen LogP contribution in [-0.2, 0) is 14.3 Å². The van der Waals surface area contributed by atoms with Crippen molar-refractivity contribution in [1.29, 1.82) is 0 Å². The van der Waals surface area contributed by atoms with Crippen LogP contribution in [0.15, 0.2) is 35.2 Å². The molecule has 0 fully saturated rings. The summed E-state index contributed by atoms with van der Waals surface area (Å²) < 4.78 is 4.87. The van der Waals surface area contributed by atoms with E-state index in [1.807, 2.05) is 37.3 Å². The molecule has 0 aliphatic carbocycles. The molecule has 0 radical (unpaired) electrons. The summed E-state index contributed by atoms with van der Waals surface area (Å²) >= 11 is 1.53. The maximum Gasteiger partial charge on any atom is 0.306 e. The third kappa shape index (κ3) is 7.01. The molecule has 0 bridgehead atoms. The second-order valence-electron chi connectivity index (χ2n) is 4.46. The number of benzene rings is 1. The van der Waals surface area contributed by atoms with Gasteiger partial charge in [0.2, 0.25) is 0 Å². The average Bonchev–Trinajstić information content (AvgIpc) is 2.37. The van der Waals surface area contributed by atoms with Gasteiger partial charge in [-0.25, -0.2) is 0 Å². The van der Waals surface area contributed by atoms with Crippen molar-refractivity contribution in [2.45, 2.75) is 31.6 Å². The SMILES string of the molecule is CCOC(=O)CC(C)CC(=O)CSc1ccccc1. The van der Waals surface area contributed by atoms with Crippen LogP contribution in [0, 0.1) is 5.92 Å². The number of carbonyl (C=O) groups is 2. The van der Waals surface area contributed by atoms with Crippen LogP contribution < -0.4 is 0 Å². The van der Waals surface area contributed by atoms with Gasteiger partial charge in [-0.2, -0.15) is 0 Å². The number of ketones is 1. The molecule has 4 heteroatoms. The van der Waals surface area contributed by atoms with Crippen LogP contribution in [0.4, 0.5) is 0 Å². The van der Waals surface area contributed by atoms with Crippen LogP contribution in [0.1, 0.15) is 26.7 Å². The summed E-state index contributed by atoms with van der Waals surface area (Å²) in [6.45, 7) is 4.08. The van der Waals surface area contributed by atoms with Gasteiger partial charge in [0, 0.05) is 17.7 Å². The van der Waals surface area contributed by atoms with Crippen LogP contribution in [0.25, 0.3) is 0 Å². The normalized spacial score (nSPS) is 11.9. The smallest absolute Gasteiger partial charge is 0.306 e. The maximum atomic E-state index is 11.8. The van der Waals surface area contributed by atoms with Crippen molar-refractivity contribution < 1.29 is 14.3 Å². The minimum absolute atomic E-state index is 0.0444. The number of hydrogen-bond donors (Lipinski definition) is 0. The molecule has 0 heterocycles. The van der Waals surface area contributed by atoms with Crippen LogP contribution >= 0.6 is 11.8 Å². The Labute approximate surface area is 118 Å². The van der Waals surface area contributed by atoms with Gasteiger partial charge in [-0.1, -0.05) is 25.1 Å². The van der Waals surface area contributed by atoms with Crippen LogP contribution in [0.3, 0.4) is 0 Å². The fourth-order valence-corrected chi connectivity index (χ4v) is 2.50. The minimum atomic E-state index is -0.224. The van der Waals surface area contributed by atoms with Crippen molar-refractivity contribution in [3.05, 3.63) is 30.3 Å². The molecule has 0 aliphatic heterocycles. The topological polar surface area (TPSA) is 43.4 Å². The van der Waals surface area contributed by atoms with Gasteiger partial charge in [-0.3, -0.25) is 9.59 Å². The molecular formula is C15H20O3S. The molecule has 0 spiro atoms. The molecule has 0 aromatic heterocycles. The fourth-order valence-electron chi connectivity index (χ4n) is 1.70. The Morgan fingerprint density at radius 3 is 2.53 bits per heavy atom. The van der Waals surface area contributed by atoms with E-state index in [0.29, 0.717) is 25.2 Å². The highest BCUT2D eigenvalue weighted by molar-refractivity contribution is 8.00. The van der Waals surface area contributed by atoms with Crippen molar-refractivity contribution >= 4 is 23.5 Å². The summed E-state index contributed by atoms with van der Waals surface area (Å²) in [6.07, 6.45) is 0.744. The Hall–Kier alpha value is -1.29. The molecule has 1 aromatic rings. The van der Waals surface area contributed by atoms with Gasteiger partial charge in [0.15, 0.2) is 0 Å². The lowest BCUT2D eigenvalue weighted by Gasteiger charge is -2.09. The Bertz CT molecular complexity index is 403. The molecule has 19 heavy (non-hydrogen) atoms. The van der Waals surface area contributed by atoms with Crippen LogP contribution in [0.2, 0.25) is 0 Å². The number of thioether (sulfide) groups is 1. The zero-order valence-corrected chi connectivity index (χ0v) is 12.2. The van der Waals surface area contributed by atoms with E-state index in [-0.39, 0.29) is 17.7 Å². The predicted octanol–water partition coefficient (Wildman–Crippen LogP) is 3.33. The second kappa shape index (κ2) is 8.75. The van der Waals surface area contributed by atoms with E-state index in [0.717, 1.165) is 4.90 Å². The van der Waals surface area contributed by atoms with Gasteiger partial charge < -0.3 is 4.74 Å². The number of esters is 1. The van der Waals surface area contributed by atoms with Gasteiger partial charge >= 0.3 is 5.97 Å². The van der Waals surface area contributed by atoms with Crippen LogP contribution in [0.5, 0.6) is 0 Å². The molecule has 0 saturated carbocycles. The zero-order chi connectivity index (χ0) is 14.1. The van der Waals surface area contributed by atoms with E-state index < -0.39 is 0 Å². The Morgan fingerprint density at radius 2 is 1.89 bits per heavy atom. The third-order valence-electron chi connectivity index (χ3n) is 2.54. The first-order valence-corrected chi connectivity index (χ1v) is 7.45. The lowest BCUT2D eigenvalue weighted by atomic mass is 10.0. The lowest BCUT2D eigenvalue weighted by molar-refractivity contribution is -0.144. The summed E-state index contributed by atoms with van der Waals surface area (Å²) in [7, 11) is 0. The molecule has 0 saturated heterocycles. The fraction of sp³-hybridized carbons (Fsp3) is 0.467. The predicted molar refractivity (Wildman–Crippen MR) is 77.2 cm³/mol. The molecular weight excluding hydrogens is 260 g/mol. The molecule has 1 aromatic carbocycles. The van der Waals surface area contributed by atoms with E-state index in [2.05, 4.69) is 0 Å². The molecule has 0 aliphatic rings. The molecule has 1 unspecified atom stereocenters. The molecule has 1 rings (SSSR count). The number of ether oxygens (including phenoxy) is 1. The maximum absolute atomic E-state index is 11.8. The average molecular weight is 280 g/mol. The summed E-state index contributed by atoms with van der Waals surface area (Å²) in [5, 5.41) is 0. The number of Topliss-reactive ketones (excluding diaryl/α,β-unsaturated/α-hetero) is 1. The van der Waals surface area contributed by atoms with Crippen molar-refractivity contribution in [3.8, 4) is 0 Å².